The molecular formula is C15H28IN7O2. The van der Waals surface area contributed by atoms with Crippen molar-refractivity contribution in [3.05, 3.63) is 11.6 Å². The summed E-state index contributed by atoms with van der Waals surface area (Å²) in [6, 6.07) is 0. The number of hydrogen-bond donors (Lipinski definition) is 3. The molecule has 142 valence electrons. The molecule has 0 radical (unpaired) electrons. The first-order chi connectivity index (χ1) is 11.4. The molecule has 0 aromatic carbocycles. The second kappa shape index (κ2) is 9.78. The summed E-state index contributed by atoms with van der Waals surface area (Å²) in [5.41, 5.74) is -0.492. The molecule has 1 aliphatic rings. The molecule has 0 saturated carbocycles. The molecule has 3 N–H and O–H groups in total. The minimum absolute atomic E-state index is 0. The molecule has 9 nitrogen and oxygen atoms in total. The SMILES string of the molecule is CN=C(NCCNC(=O)OC(C)(C)C)NCc1nnc2n1CCC2.I. The van der Waals surface area contributed by atoms with Gasteiger partial charge in [-0.1, -0.05) is 0 Å². The maximum absolute atomic E-state index is 11.5. The highest BCUT2D eigenvalue weighted by Gasteiger charge is 2.17. The van der Waals surface area contributed by atoms with Gasteiger partial charge in [0.2, 0.25) is 0 Å². The lowest BCUT2D eigenvalue weighted by molar-refractivity contribution is 0.0529. The minimum atomic E-state index is -0.492. The van der Waals surface area contributed by atoms with Crippen molar-refractivity contribution in [3.63, 3.8) is 0 Å². The number of fused-ring (bicyclic) bond motifs is 1. The van der Waals surface area contributed by atoms with E-state index in [1.807, 2.05) is 20.8 Å². The number of aliphatic imine (C=N–C) groups is 1. The van der Waals surface area contributed by atoms with E-state index >= 15 is 0 Å². The van der Waals surface area contributed by atoms with Gasteiger partial charge in [-0.2, -0.15) is 0 Å². The van der Waals surface area contributed by atoms with Crippen molar-refractivity contribution in [1.29, 1.82) is 0 Å². The van der Waals surface area contributed by atoms with Crippen LogP contribution in [0.3, 0.4) is 0 Å². The molecule has 1 amide bonds. The van der Waals surface area contributed by atoms with Crippen LogP contribution in [0.25, 0.3) is 0 Å². The van der Waals surface area contributed by atoms with Crippen molar-refractivity contribution >= 4 is 36.0 Å². The van der Waals surface area contributed by atoms with Crippen molar-refractivity contribution < 1.29 is 9.53 Å². The first kappa shape index (κ1) is 21.5. The van der Waals surface area contributed by atoms with E-state index in [2.05, 4.69) is 35.7 Å². The third kappa shape index (κ3) is 7.04. The Bertz CT molecular complexity index is 595. The molecule has 0 aliphatic carbocycles. The lowest BCUT2D eigenvalue weighted by Crippen LogP contribution is -2.42. The number of ether oxygens (including phenoxy) is 1. The number of rotatable bonds is 5. The first-order valence-corrected chi connectivity index (χ1v) is 8.21. The highest BCUT2D eigenvalue weighted by Crippen LogP contribution is 2.13. The molecule has 25 heavy (non-hydrogen) atoms. The number of carbonyl (C=O) groups excluding carboxylic acids is 1. The van der Waals surface area contributed by atoms with Crippen molar-refractivity contribution in [3.8, 4) is 0 Å². The normalized spacial score (nSPS) is 13.7. The van der Waals surface area contributed by atoms with Gasteiger partial charge in [0, 0.05) is 33.1 Å². The van der Waals surface area contributed by atoms with Crippen LogP contribution in [0.4, 0.5) is 4.79 Å². The highest BCUT2D eigenvalue weighted by atomic mass is 127. The summed E-state index contributed by atoms with van der Waals surface area (Å²) in [4.78, 5) is 15.7. The summed E-state index contributed by atoms with van der Waals surface area (Å²) in [6.45, 7) is 8.01. The zero-order chi connectivity index (χ0) is 17.6. The summed E-state index contributed by atoms with van der Waals surface area (Å²) >= 11 is 0. The molecule has 1 aromatic heterocycles. The Morgan fingerprint density at radius 2 is 1.96 bits per heavy atom. The van der Waals surface area contributed by atoms with Crippen molar-refractivity contribution in [2.45, 2.75) is 52.3 Å². The number of amides is 1. The maximum atomic E-state index is 11.5. The minimum Gasteiger partial charge on any atom is -0.444 e. The van der Waals surface area contributed by atoms with Crippen LogP contribution >= 0.6 is 24.0 Å². The smallest absolute Gasteiger partial charge is 0.407 e. The summed E-state index contributed by atoms with van der Waals surface area (Å²) in [5.74, 6) is 2.62. The van der Waals surface area contributed by atoms with Gasteiger partial charge < -0.3 is 25.3 Å². The van der Waals surface area contributed by atoms with Crippen LogP contribution < -0.4 is 16.0 Å². The Labute approximate surface area is 165 Å². The molecule has 1 aromatic rings. The Balaban J connectivity index is 0.00000312. The average molecular weight is 465 g/mol. The Kier molecular flexibility index (Phi) is 8.39. The van der Waals surface area contributed by atoms with Crippen LogP contribution in [-0.4, -0.2) is 52.6 Å². The molecule has 2 rings (SSSR count). The number of aromatic nitrogens is 3. The fourth-order valence-corrected chi connectivity index (χ4v) is 2.38. The van der Waals surface area contributed by atoms with E-state index in [0.717, 1.165) is 31.0 Å². The van der Waals surface area contributed by atoms with E-state index in [1.165, 1.54) is 0 Å². The third-order valence-corrected chi connectivity index (χ3v) is 3.41. The van der Waals surface area contributed by atoms with Gasteiger partial charge in [-0.3, -0.25) is 4.99 Å². The predicted molar refractivity (Wildman–Crippen MR) is 106 cm³/mol. The summed E-state index contributed by atoms with van der Waals surface area (Å²) in [5, 5.41) is 17.4. The summed E-state index contributed by atoms with van der Waals surface area (Å²) < 4.78 is 7.31. The molecule has 1 aliphatic heterocycles. The van der Waals surface area contributed by atoms with Crippen LogP contribution in [0.5, 0.6) is 0 Å². The average Bonchev–Trinajstić information content (AvgIpc) is 3.08. The second-order valence-electron chi connectivity index (χ2n) is 6.57. The number of nitrogens with one attached hydrogen (secondary N) is 3. The lowest BCUT2D eigenvalue weighted by Gasteiger charge is -2.19. The number of aryl methyl sites for hydroxylation is 1. The summed E-state index contributed by atoms with van der Waals surface area (Å²) in [7, 11) is 1.70. The Hall–Kier alpha value is -1.59. The molecule has 2 heterocycles. The van der Waals surface area contributed by atoms with Gasteiger partial charge in [0.05, 0.1) is 6.54 Å². The van der Waals surface area contributed by atoms with Crippen LogP contribution in [0.2, 0.25) is 0 Å². The monoisotopic (exact) mass is 465 g/mol. The van der Waals surface area contributed by atoms with Gasteiger partial charge in [0.1, 0.15) is 11.4 Å². The second-order valence-corrected chi connectivity index (χ2v) is 6.57. The molecular weight excluding hydrogens is 437 g/mol. The fourth-order valence-electron chi connectivity index (χ4n) is 2.38. The van der Waals surface area contributed by atoms with E-state index < -0.39 is 11.7 Å². The van der Waals surface area contributed by atoms with Gasteiger partial charge in [0.25, 0.3) is 0 Å². The molecule has 0 saturated heterocycles. The van der Waals surface area contributed by atoms with E-state index in [-0.39, 0.29) is 24.0 Å². The molecule has 0 atom stereocenters. The van der Waals surface area contributed by atoms with Crippen LogP contribution in [0.1, 0.15) is 38.8 Å². The predicted octanol–water partition coefficient (Wildman–Crippen LogP) is 1.03. The van der Waals surface area contributed by atoms with Gasteiger partial charge in [-0.05, 0) is 27.2 Å². The quantitative estimate of drug-likeness (QED) is 0.260. The molecule has 0 spiro atoms. The maximum Gasteiger partial charge on any atom is 0.407 e. The van der Waals surface area contributed by atoms with Gasteiger partial charge >= 0.3 is 6.09 Å². The fraction of sp³-hybridized carbons (Fsp3) is 0.733. The largest absolute Gasteiger partial charge is 0.444 e. The number of carbonyl (C=O) groups is 1. The van der Waals surface area contributed by atoms with Crippen molar-refractivity contribution in [1.82, 2.24) is 30.7 Å². The van der Waals surface area contributed by atoms with Gasteiger partial charge in [-0.15, -0.1) is 34.2 Å². The number of hydrogen-bond acceptors (Lipinski definition) is 5. The van der Waals surface area contributed by atoms with Gasteiger partial charge in [-0.25, -0.2) is 4.79 Å². The number of alkyl carbamates (subject to hydrolysis) is 1. The van der Waals surface area contributed by atoms with Crippen LogP contribution in [-0.2, 0) is 24.2 Å². The van der Waals surface area contributed by atoms with Crippen LogP contribution in [0.15, 0.2) is 4.99 Å². The molecule has 10 heteroatoms. The first-order valence-electron chi connectivity index (χ1n) is 8.21. The highest BCUT2D eigenvalue weighted by molar-refractivity contribution is 14.0. The van der Waals surface area contributed by atoms with Crippen molar-refractivity contribution in [2.24, 2.45) is 4.99 Å². The van der Waals surface area contributed by atoms with Gasteiger partial charge in [0.15, 0.2) is 11.8 Å². The topological polar surface area (TPSA) is 105 Å². The van der Waals surface area contributed by atoms with E-state index in [4.69, 9.17) is 4.74 Å². The summed E-state index contributed by atoms with van der Waals surface area (Å²) in [6.07, 6.45) is 1.70. The van der Waals surface area contributed by atoms with E-state index in [9.17, 15) is 4.79 Å². The Morgan fingerprint density at radius 1 is 1.24 bits per heavy atom. The molecule has 0 fully saturated rings. The van der Waals surface area contributed by atoms with E-state index in [0.29, 0.717) is 25.6 Å². The number of guanidine groups is 1. The third-order valence-electron chi connectivity index (χ3n) is 3.41. The zero-order valence-corrected chi connectivity index (χ0v) is 17.6. The molecule has 0 bridgehead atoms. The van der Waals surface area contributed by atoms with E-state index in [1.54, 1.807) is 7.05 Å². The number of halogens is 1. The molecule has 0 unspecified atom stereocenters. The standard InChI is InChI=1S/C15H27N7O2.HI/c1-15(2,3)24-14(23)18-8-7-17-13(16-4)19-10-12-21-20-11-6-5-9-22(11)12;/h5-10H2,1-4H3,(H,18,23)(H2,16,17,19);1H. The van der Waals surface area contributed by atoms with Crippen LogP contribution in [0, 0.1) is 0 Å². The Morgan fingerprint density at radius 3 is 2.64 bits per heavy atom. The lowest BCUT2D eigenvalue weighted by atomic mass is 10.2. The zero-order valence-electron chi connectivity index (χ0n) is 15.3. The van der Waals surface area contributed by atoms with Crippen molar-refractivity contribution in [2.75, 3.05) is 20.1 Å². The number of nitrogens with zero attached hydrogens (tertiary/aromatic N) is 4.